The van der Waals surface area contributed by atoms with Crippen molar-refractivity contribution in [1.82, 2.24) is 4.90 Å². The average Bonchev–Trinajstić information content (AvgIpc) is 2.26. The Morgan fingerprint density at radius 1 is 1.32 bits per heavy atom. The summed E-state index contributed by atoms with van der Waals surface area (Å²) in [5.41, 5.74) is -0.609. The van der Waals surface area contributed by atoms with Gasteiger partial charge in [-0.2, -0.15) is 13.2 Å². The van der Waals surface area contributed by atoms with Gasteiger partial charge in [-0.15, -0.1) is 0 Å². The van der Waals surface area contributed by atoms with Crippen molar-refractivity contribution in [2.45, 2.75) is 31.5 Å². The van der Waals surface area contributed by atoms with E-state index in [1.807, 2.05) is 11.9 Å². The first-order valence-corrected chi connectivity index (χ1v) is 6.32. The Kier molecular flexibility index (Phi) is 3.62. The number of benzene rings is 1. The lowest BCUT2D eigenvalue weighted by Gasteiger charge is -2.38. The third-order valence-corrected chi connectivity index (χ3v) is 3.72. The summed E-state index contributed by atoms with van der Waals surface area (Å²) < 4.78 is 37.9. The highest BCUT2D eigenvalue weighted by atomic mass is 19.4. The van der Waals surface area contributed by atoms with Crippen molar-refractivity contribution in [1.29, 1.82) is 0 Å². The minimum absolute atomic E-state index is 0.458. The van der Waals surface area contributed by atoms with Crippen LogP contribution in [0.15, 0.2) is 18.2 Å². The summed E-state index contributed by atoms with van der Waals surface area (Å²) in [6, 6.07) is 3.58. The Hall–Kier alpha value is -1.07. The van der Waals surface area contributed by atoms with Crippen LogP contribution in [0.5, 0.6) is 0 Å². The van der Waals surface area contributed by atoms with Crippen molar-refractivity contribution < 1.29 is 18.3 Å². The van der Waals surface area contributed by atoms with Gasteiger partial charge in [0, 0.05) is 6.54 Å². The van der Waals surface area contributed by atoms with Gasteiger partial charge in [0.1, 0.15) is 5.60 Å². The van der Waals surface area contributed by atoms with Crippen molar-refractivity contribution in [3.8, 4) is 0 Å². The van der Waals surface area contributed by atoms with E-state index in [2.05, 4.69) is 0 Å². The third kappa shape index (κ3) is 2.92. The fraction of sp³-hybridized carbons (Fsp3) is 0.571. The predicted molar refractivity (Wildman–Crippen MR) is 66.8 cm³/mol. The lowest BCUT2D eigenvalue weighted by molar-refractivity contribution is -0.137. The number of likely N-dealkylation sites (N-methyl/N-ethyl adjacent to an activating group) is 1. The van der Waals surface area contributed by atoms with Gasteiger partial charge in [-0.25, -0.2) is 0 Å². The molecule has 1 heterocycles. The molecular weight excluding hydrogens is 255 g/mol. The molecule has 1 aromatic rings. The number of aliphatic hydroxyl groups is 1. The Bertz CT molecular complexity index is 472. The summed E-state index contributed by atoms with van der Waals surface area (Å²) in [4.78, 5) is 2.00. The summed E-state index contributed by atoms with van der Waals surface area (Å²) in [5.74, 6) is 0. The number of piperidine rings is 1. The van der Waals surface area contributed by atoms with Gasteiger partial charge in [0.15, 0.2) is 0 Å². The first-order valence-electron chi connectivity index (χ1n) is 6.32. The number of likely N-dealkylation sites (tertiary alicyclic amines) is 1. The Balaban J connectivity index is 2.35. The monoisotopic (exact) mass is 273 g/mol. The normalized spacial score (nSPS) is 25.6. The second kappa shape index (κ2) is 4.80. The van der Waals surface area contributed by atoms with Crippen LogP contribution in [0.1, 0.15) is 29.5 Å². The molecule has 2 nitrogen and oxygen atoms in total. The first kappa shape index (κ1) is 14.3. The summed E-state index contributed by atoms with van der Waals surface area (Å²) in [6.07, 6.45) is -2.91. The number of hydrogen-bond acceptors (Lipinski definition) is 2. The van der Waals surface area contributed by atoms with Crippen LogP contribution in [0, 0.1) is 6.92 Å². The van der Waals surface area contributed by atoms with E-state index in [4.69, 9.17) is 0 Å². The molecule has 1 N–H and O–H groups in total. The van der Waals surface area contributed by atoms with Gasteiger partial charge < -0.3 is 10.0 Å². The summed E-state index contributed by atoms with van der Waals surface area (Å²) in [7, 11) is 1.91. The fourth-order valence-electron chi connectivity index (χ4n) is 2.83. The molecule has 2 rings (SSSR count). The molecule has 0 aromatic heterocycles. The first-order chi connectivity index (χ1) is 8.72. The van der Waals surface area contributed by atoms with Crippen LogP contribution in [0.3, 0.4) is 0 Å². The number of hydrogen-bond donors (Lipinski definition) is 1. The molecule has 19 heavy (non-hydrogen) atoms. The number of rotatable bonds is 1. The molecule has 1 atom stereocenters. The largest absolute Gasteiger partial charge is 0.416 e. The van der Waals surface area contributed by atoms with E-state index >= 15 is 0 Å². The van der Waals surface area contributed by atoms with Crippen molar-refractivity contribution in [2.75, 3.05) is 20.1 Å². The zero-order valence-electron chi connectivity index (χ0n) is 11.1. The molecule has 0 saturated carbocycles. The van der Waals surface area contributed by atoms with E-state index in [1.165, 1.54) is 6.07 Å². The molecule has 0 radical (unpaired) electrons. The Morgan fingerprint density at radius 3 is 2.53 bits per heavy atom. The maximum absolute atomic E-state index is 12.6. The van der Waals surface area contributed by atoms with Gasteiger partial charge >= 0.3 is 6.18 Å². The zero-order valence-corrected chi connectivity index (χ0v) is 11.1. The third-order valence-electron chi connectivity index (χ3n) is 3.72. The van der Waals surface area contributed by atoms with Crippen molar-refractivity contribution in [2.24, 2.45) is 0 Å². The highest BCUT2D eigenvalue weighted by Crippen LogP contribution is 2.36. The quantitative estimate of drug-likeness (QED) is 0.850. The van der Waals surface area contributed by atoms with Crippen LogP contribution in [0.25, 0.3) is 0 Å². The van der Waals surface area contributed by atoms with Gasteiger partial charge in [0.2, 0.25) is 0 Å². The van der Waals surface area contributed by atoms with E-state index in [0.29, 0.717) is 24.1 Å². The second-order valence-electron chi connectivity index (χ2n) is 5.40. The average molecular weight is 273 g/mol. The van der Waals surface area contributed by atoms with Gasteiger partial charge in [-0.1, -0.05) is 6.07 Å². The molecule has 0 amide bonds. The van der Waals surface area contributed by atoms with Crippen molar-refractivity contribution >= 4 is 0 Å². The number of β-amino-alcohol motifs (C(OH)–C–C–N with tert-alkyl or cyclic N) is 1. The van der Waals surface area contributed by atoms with Crippen LogP contribution < -0.4 is 0 Å². The van der Waals surface area contributed by atoms with Crippen molar-refractivity contribution in [3.63, 3.8) is 0 Å². The Morgan fingerprint density at radius 2 is 2.00 bits per heavy atom. The van der Waals surface area contributed by atoms with E-state index in [9.17, 15) is 18.3 Å². The van der Waals surface area contributed by atoms with E-state index < -0.39 is 17.3 Å². The molecule has 0 aliphatic carbocycles. The highest BCUT2D eigenvalue weighted by Gasteiger charge is 2.36. The molecule has 106 valence electrons. The number of halogens is 3. The summed E-state index contributed by atoms with van der Waals surface area (Å²) >= 11 is 0. The SMILES string of the molecule is Cc1cc(C(F)(F)F)ccc1C1(O)CCCN(C)C1. The summed E-state index contributed by atoms with van der Waals surface area (Å²) in [6.45, 7) is 2.98. The van der Waals surface area contributed by atoms with E-state index in [1.54, 1.807) is 6.92 Å². The standard InChI is InChI=1S/C14H18F3NO/c1-10-8-11(14(15,16)17)4-5-12(10)13(19)6-3-7-18(2)9-13/h4-5,8,19H,3,6-7,9H2,1-2H3. The maximum atomic E-state index is 12.6. The van der Waals surface area contributed by atoms with E-state index in [-0.39, 0.29) is 0 Å². The molecule has 0 bridgehead atoms. The number of alkyl halides is 3. The molecular formula is C14H18F3NO. The second-order valence-corrected chi connectivity index (χ2v) is 5.40. The topological polar surface area (TPSA) is 23.5 Å². The minimum Gasteiger partial charge on any atom is -0.384 e. The van der Waals surface area contributed by atoms with Crippen LogP contribution in [-0.4, -0.2) is 30.1 Å². The van der Waals surface area contributed by atoms with Gasteiger partial charge in [-0.3, -0.25) is 0 Å². The highest BCUT2D eigenvalue weighted by molar-refractivity contribution is 5.37. The molecule has 1 fully saturated rings. The lowest BCUT2D eigenvalue weighted by atomic mass is 9.83. The molecule has 0 spiro atoms. The lowest BCUT2D eigenvalue weighted by Crippen LogP contribution is -2.44. The molecule has 1 aliphatic heterocycles. The smallest absolute Gasteiger partial charge is 0.384 e. The zero-order chi connectivity index (χ0) is 14.3. The van der Waals surface area contributed by atoms with E-state index in [0.717, 1.165) is 25.1 Å². The van der Waals surface area contributed by atoms with Crippen molar-refractivity contribution in [3.05, 3.63) is 34.9 Å². The number of nitrogens with zero attached hydrogens (tertiary/aromatic N) is 1. The number of aryl methyl sites for hydroxylation is 1. The fourth-order valence-corrected chi connectivity index (χ4v) is 2.83. The Labute approximate surface area is 110 Å². The van der Waals surface area contributed by atoms with Gasteiger partial charge in [-0.05, 0) is 56.6 Å². The molecule has 1 unspecified atom stereocenters. The van der Waals surface area contributed by atoms with Crippen LogP contribution in [0.4, 0.5) is 13.2 Å². The molecule has 5 heteroatoms. The van der Waals surface area contributed by atoms with Crippen LogP contribution >= 0.6 is 0 Å². The van der Waals surface area contributed by atoms with Gasteiger partial charge in [0.05, 0.1) is 5.56 Å². The molecule has 1 aromatic carbocycles. The maximum Gasteiger partial charge on any atom is 0.416 e. The van der Waals surface area contributed by atoms with Crippen LogP contribution in [-0.2, 0) is 11.8 Å². The van der Waals surface area contributed by atoms with Crippen LogP contribution in [0.2, 0.25) is 0 Å². The molecule has 1 aliphatic rings. The predicted octanol–water partition coefficient (Wildman–Crippen LogP) is 2.93. The van der Waals surface area contributed by atoms with Gasteiger partial charge in [0.25, 0.3) is 0 Å². The summed E-state index contributed by atoms with van der Waals surface area (Å²) in [5, 5.41) is 10.7. The minimum atomic E-state index is -4.34. The molecule has 1 saturated heterocycles.